The molecule has 0 bridgehead atoms. The summed E-state index contributed by atoms with van der Waals surface area (Å²) >= 11 is 6.90. The monoisotopic (exact) mass is 274 g/mol. The lowest BCUT2D eigenvalue weighted by Gasteiger charge is -2.13. The molecule has 90 valence electrons. The van der Waals surface area contributed by atoms with Crippen molar-refractivity contribution in [2.24, 2.45) is 0 Å². The standard InChI is InChI=1S/C8H7ClN4O3S/c9-8-11-1-5(17-8)3-12-6(4-13(15)16)10-2-7(12)14/h1,4,10H,2-3H2/b6-4+. The first-order valence-electron chi connectivity index (χ1n) is 4.56. The summed E-state index contributed by atoms with van der Waals surface area (Å²) in [7, 11) is 0. The van der Waals surface area contributed by atoms with Gasteiger partial charge in [0.2, 0.25) is 5.91 Å². The lowest BCUT2D eigenvalue weighted by molar-refractivity contribution is -0.404. The molecule has 0 saturated carbocycles. The Balaban J connectivity index is 2.17. The zero-order valence-corrected chi connectivity index (χ0v) is 9.99. The Hall–Kier alpha value is -1.67. The molecule has 9 heteroatoms. The van der Waals surface area contributed by atoms with Gasteiger partial charge in [-0.2, -0.15) is 0 Å². The van der Waals surface area contributed by atoms with Crippen molar-refractivity contribution in [3.8, 4) is 0 Å². The smallest absolute Gasteiger partial charge is 0.274 e. The minimum absolute atomic E-state index is 0.0617. The second kappa shape index (κ2) is 4.68. The lowest BCUT2D eigenvalue weighted by Crippen LogP contribution is -2.24. The zero-order valence-electron chi connectivity index (χ0n) is 8.42. The van der Waals surface area contributed by atoms with Crippen LogP contribution in [0.5, 0.6) is 0 Å². The van der Waals surface area contributed by atoms with E-state index in [1.807, 2.05) is 0 Å². The highest BCUT2D eigenvalue weighted by Crippen LogP contribution is 2.22. The molecule has 1 aromatic rings. The first-order valence-corrected chi connectivity index (χ1v) is 5.75. The molecule has 0 aliphatic carbocycles. The molecule has 1 amide bonds. The Morgan fingerprint density at radius 3 is 3.12 bits per heavy atom. The summed E-state index contributed by atoms with van der Waals surface area (Å²) < 4.78 is 0.374. The Kier molecular flexibility index (Phi) is 3.25. The predicted molar refractivity (Wildman–Crippen MR) is 60.8 cm³/mol. The molecule has 1 aliphatic rings. The summed E-state index contributed by atoms with van der Waals surface area (Å²) in [5.74, 6) is -0.0351. The van der Waals surface area contributed by atoms with Crippen molar-refractivity contribution in [1.29, 1.82) is 0 Å². The van der Waals surface area contributed by atoms with Gasteiger partial charge < -0.3 is 5.32 Å². The van der Waals surface area contributed by atoms with E-state index in [1.54, 1.807) is 6.20 Å². The van der Waals surface area contributed by atoms with Gasteiger partial charge in [-0.25, -0.2) is 4.98 Å². The van der Waals surface area contributed by atoms with Gasteiger partial charge in [-0.15, -0.1) is 11.3 Å². The summed E-state index contributed by atoms with van der Waals surface area (Å²) in [6.07, 6.45) is 2.32. The molecular formula is C8H7ClN4O3S. The summed E-state index contributed by atoms with van der Waals surface area (Å²) in [6.45, 7) is 0.294. The molecule has 0 unspecified atom stereocenters. The fourth-order valence-corrected chi connectivity index (χ4v) is 2.36. The number of aromatic nitrogens is 1. The van der Waals surface area contributed by atoms with Gasteiger partial charge in [0.25, 0.3) is 6.20 Å². The van der Waals surface area contributed by atoms with Crippen molar-refractivity contribution in [3.05, 3.63) is 37.7 Å². The number of thiazole rings is 1. The third kappa shape index (κ3) is 2.71. The van der Waals surface area contributed by atoms with Crippen molar-refractivity contribution in [2.45, 2.75) is 6.54 Å². The highest BCUT2D eigenvalue weighted by Gasteiger charge is 2.28. The van der Waals surface area contributed by atoms with E-state index in [-0.39, 0.29) is 24.8 Å². The van der Waals surface area contributed by atoms with Gasteiger partial charge >= 0.3 is 0 Å². The molecule has 7 nitrogen and oxygen atoms in total. The maximum atomic E-state index is 11.5. The zero-order chi connectivity index (χ0) is 12.4. The molecule has 0 atom stereocenters. The minimum atomic E-state index is -0.604. The number of nitrogens with zero attached hydrogens (tertiary/aromatic N) is 3. The van der Waals surface area contributed by atoms with Gasteiger partial charge in [0.15, 0.2) is 10.3 Å². The maximum absolute atomic E-state index is 11.5. The highest BCUT2D eigenvalue weighted by molar-refractivity contribution is 7.15. The van der Waals surface area contributed by atoms with E-state index < -0.39 is 4.92 Å². The second-order valence-electron chi connectivity index (χ2n) is 3.21. The molecule has 1 aliphatic heterocycles. The molecule has 2 heterocycles. The van der Waals surface area contributed by atoms with Crippen LogP contribution in [0.4, 0.5) is 0 Å². The Labute approximate surface area is 105 Å². The SMILES string of the molecule is O=C1CN/C(=C\[N+](=O)[O-])N1Cc1cnc(Cl)s1. The predicted octanol–water partition coefficient (Wildman–Crippen LogP) is 0.804. The fourth-order valence-electron chi connectivity index (χ4n) is 1.39. The topological polar surface area (TPSA) is 88.4 Å². The number of nitro groups is 1. The largest absolute Gasteiger partial charge is 0.357 e. The number of amides is 1. The van der Waals surface area contributed by atoms with Gasteiger partial charge in [0.05, 0.1) is 18.0 Å². The van der Waals surface area contributed by atoms with E-state index >= 15 is 0 Å². The van der Waals surface area contributed by atoms with Crippen molar-refractivity contribution < 1.29 is 9.72 Å². The fraction of sp³-hybridized carbons (Fsp3) is 0.250. The van der Waals surface area contributed by atoms with Gasteiger partial charge in [0, 0.05) is 11.1 Å². The van der Waals surface area contributed by atoms with Crippen LogP contribution in [0.25, 0.3) is 0 Å². The van der Waals surface area contributed by atoms with E-state index in [9.17, 15) is 14.9 Å². The van der Waals surface area contributed by atoms with Crippen LogP contribution in [0.3, 0.4) is 0 Å². The van der Waals surface area contributed by atoms with Crippen molar-refractivity contribution in [2.75, 3.05) is 6.54 Å². The Morgan fingerprint density at radius 2 is 2.53 bits per heavy atom. The molecule has 2 rings (SSSR count). The minimum Gasteiger partial charge on any atom is -0.357 e. The molecule has 17 heavy (non-hydrogen) atoms. The molecule has 1 saturated heterocycles. The van der Waals surface area contributed by atoms with Gasteiger partial charge in [0.1, 0.15) is 0 Å². The Morgan fingerprint density at radius 1 is 1.76 bits per heavy atom. The number of halogens is 1. The molecule has 0 aromatic carbocycles. The van der Waals surface area contributed by atoms with Crippen LogP contribution in [0, 0.1) is 10.1 Å². The molecule has 1 fully saturated rings. The molecule has 1 N–H and O–H groups in total. The van der Waals surface area contributed by atoms with Crippen LogP contribution in [-0.2, 0) is 11.3 Å². The molecule has 0 spiro atoms. The van der Waals surface area contributed by atoms with E-state index in [0.29, 0.717) is 4.47 Å². The van der Waals surface area contributed by atoms with Crippen molar-refractivity contribution in [1.82, 2.24) is 15.2 Å². The van der Waals surface area contributed by atoms with Gasteiger partial charge in [-0.1, -0.05) is 11.6 Å². The number of hydrogen-bond donors (Lipinski definition) is 1. The number of rotatable bonds is 3. The summed E-state index contributed by atoms with van der Waals surface area (Å²) in [4.78, 5) is 27.2. The third-order valence-electron chi connectivity index (χ3n) is 2.08. The molecule has 0 radical (unpaired) electrons. The van der Waals surface area contributed by atoms with Crippen LogP contribution in [0.2, 0.25) is 4.47 Å². The van der Waals surface area contributed by atoms with Crippen molar-refractivity contribution in [3.63, 3.8) is 0 Å². The van der Waals surface area contributed by atoms with Crippen LogP contribution in [0.1, 0.15) is 4.88 Å². The average molecular weight is 275 g/mol. The third-order valence-corrected chi connectivity index (χ3v) is 3.18. The van der Waals surface area contributed by atoms with E-state index in [2.05, 4.69) is 10.3 Å². The lowest BCUT2D eigenvalue weighted by atomic mass is 10.4. The maximum Gasteiger partial charge on any atom is 0.274 e. The summed E-state index contributed by atoms with van der Waals surface area (Å²) in [5.41, 5.74) is 0. The molecular weight excluding hydrogens is 268 g/mol. The van der Waals surface area contributed by atoms with Gasteiger partial charge in [-0.3, -0.25) is 19.8 Å². The van der Waals surface area contributed by atoms with Crippen molar-refractivity contribution >= 4 is 28.8 Å². The van der Waals surface area contributed by atoms with Crippen LogP contribution < -0.4 is 5.32 Å². The van der Waals surface area contributed by atoms with Crippen LogP contribution in [0.15, 0.2) is 18.2 Å². The first kappa shape index (κ1) is 11.8. The first-order chi connectivity index (χ1) is 8.06. The van der Waals surface area contributed by atoms with Gasteiger partial charge in [-0.05, 0) is 0 Å². The Bertz CT molecular complexity index is 501. The number of carbonyl (C=O) groups is 1. The number of carbonyl (C=O) groups excluding carboxylic acids is 1. The van der Waals surface area contributed by atoms with E-state index in [0.717, 1.165) is 11.1 Å². The number of hydrogen-bond acceptors (Lipinski definition) is 6. The second-order valence-corrected chi connectivity index (χ2v) is 4.91. The quantitative estimate of drug-likeness (QED) is 0.651. The average Bonchev–Trinajstić information content (AvgIpc) is 2.78. The summed E-state index contributed by atoms with van der Waals surface area (Å²) in [5, 5.41) is 13.0. The molecule has 1 aromatic heterocycles. The van der Waals surface area contributed by atoms with E-state index in [1.165, 1.54) is 16.2 Å². The van der Waals surface area contributed by atoms with Crippen LogP contribution >= 0.6 is 22.9 Å². The highest BCUT2D eigenvalue weighted by atomic mass is 35.5. The number of nitrogens with one attached hydrogen (secondary N) is 1. The normalized spacial score (nSPS) is 17.6. The van der Waals surface area contributed by atoms with Crippen LogP contribution in [-0.4, -0.2) is 27.3 Å². The summed E-state index contributed by atoms with van der Waals surface area (Å²) in [6, 6.07) is 0. The van der Waals surface area contributed by atoms with E-state index in [4.69, 9.17) is 11.6 Å².